The molecule has 0 saturated heterocycles. The minimum atomic E-state index is -0.0262. The predicted octanol–water partition coefficient (Wildman–Crippen LogP) is 1.61. The predicted molar refractivity (Wildman–Crippen MR) is 86.9 cm³/mol. The Morgan fingerprint density at radius 3 is 2.95 bits per heavy atom. The molecule has 6 heteroatoms. The smallest absolute Gasteiger partial charge is 0.239 e. The highest BCUT2D eigenvalue weighted by molar-refractivity contribution is 5.91. The SMILES string of the molecule is CCOCCCNC(=O)CN(C)c1ncnc2ccccc12. The Labute approximate surface area is 130 Å². The van der Waals surface area contributed by atoms with Gasteiger partial charge in [-0.3, -0.25) is 4.79 Å². The van der Waals surface area contributed by atoms with E-state index in [1.54, 1.807) is 0 Å². The van der Waals surface area contributed by atoms with Gasteiger partial charge >= 0.3 is 0 Å². The van der Waals surface area contributed by atoms with E-state index in [0.29, 0.717) is 19.8 Å². The number of rotatable bonds is 8. The Morgan fingerprint density at radius 1 is 1.32 bits per heavy atom. The van der Waals surface area contributed by atoms with E-state index in [1.165, 1.54) is 6.33 Å². The van der Waals surface area contributed by atoms with Gasteiger partial charge in [-0.05, 0) is 25.5 Å². The Morgan fingerprint density at radius 2 is 2.14 bits per heavy atom. The van der Waals surface area contributed by atoms with E-state index in [-0.39, 0.29) is 12.5 Å². The molecule has 22 heavy (non-hydrogen) atoms. The van der Waals surface area contributed by atoms with Crippen molar-refractivity contribution < 1.29 is 9.53 Å². The topological polar surface area (TPSA) is 67.3 Å². The average Bonchev–Trinajstić information content (AvgIpc) is 2.54. The van der Waals surface area contributed by atoms with Crippen LogP contribution in [0.3, 0.4) is 0 Å². The molecule has 118 valence electrons. The molecule has 0 bridgehead atoms. The fourth-order valence-corrected chi connectivity index (χ4v) is 2.19. The van der Waals surface area contributed by atoms with Gasteiger partial charge < -0.3 is 15.0 Å². The quantitative estimate of drug-likeness (QED) is 0.750. The Hall–Kier alpha value is -2.21. The molecule has 2 aromatic rings. The molecule has 1 amide bonds. The lowest BCUT2D eigenvalue weighted by Gasteiger charge is -2.19. The number of carbonyl (C=O) groups is 1. The van der Waals surface area contributed by atoms with Crippen molar-refractivity contribution in [1.82, 2.24) is 15.3 Å². The molecule has 0 saturated carbocycles. The monoisotopic (exact) mass is 302 g/mol. The summed E-state index contributed by atoms with van der Waals surface area (Å²) >= 11 is 0. The summed E-state index contributed by atoms with van der Waals surface area (Å²) in [5.41, 5.74) is 0.872. The fraction of sp³-hybridized carbons (Fsp3) is 0.438. The van der Waals surface area contributed by atoms with Gasteiger partial charge in [0.2, 0.25) is 5.91 Å². The van der Waals surface area contributed by atoms with Gasteiger partial charge in [0.25, 0.3) is 0 Å². The fourth-order valence-electron chi connectivity index (χ4n) is 2.19. The van der Waals surface area contributed by atoms with Gasteiger partial charge in [-0.25, -0.2) is 9.97 Å². The van der Waals surface area contributed by atoms with Crippen LogP contribution in [0.4, 0.5) is 5.82 Å². The number of nitrogens with zero attached hydrogens (tertiary/aromatic N) is 3. The van der Waals surface area contributed by atoms with Crippen molar-refractivity contribution in [3.8, 4) is 0 Å². The molecule has 0 spiro atoms. The van der Waals surface area contributed by atoms with Gasteiger partial charge in [0.05, 0.1) is 12.1 Å². The molecule has 0 unspecified atom stereocenters. The molecular weight excluding hydrogens is 280 g/mol. The maximum Gasteiger partial charge on any atom is 0.239 e. The highest BCUT2D eigenvalue weighted by atomic mass is 16.5. The van der Waals surface area contributed by atoms with Crippen LogP contribution in [0.2, 0.25) is 0 Å². The summed E-state index contributed by atoms with van der Waals surface area (Å²) in [6.07, 6.45) is 2.34. The first kappa shape index (κ1) is 16.2. The van der Waals surface area contributed by atoms with Crippen LogP contribution < -0.4 is 10.2 Å². The van der Waals surface area contributed by atoms with E-state index in [2.05, 4.69) is 15.3 Å². The zero-order valence-electron chi connectivity index (χ0n) is 13.1. The van der Waals surface area contributed by atoms with E-state index in [9.17, 15) is 4.79 Å². The molecular formula is C16H22N4O2. The van der Waals surface area contributed by atoms with Crippen LogP contribution in [0, 0.1) is 0 Å². The number of fused-ring (bicyclic) bond motifs is 1. The van der Waals surface area contributed by atoms with Crippen LogP contribution in [0.5, 0.6) is 0 Å². The maximum absolute atomic E-state index is 12.0. The zero-order chi connectivity index (χ0) is 15.8. The van der Waals surface area contributed by atoms with Crippen molar-refractivity contribution in [3.05, 3.63) is 30.6 Å². The third kappa shape index (κ3) is 4.39. The zero-order valence-corrected chi connectivity index (χ0v) is 13.1. The van der Waals surface area contributed by atoms with Crippen molar-refractivity contribution in [2.24, 2.45) is 0 Å². The highest BCUT2D eigenvalue weighted by Gasteiger charge is 2.11. The van der Waals surface area contributed by atoms with Gasteiger partial charge in [-0.1, -0.05) is 12.1 Å². The number of ether oxygens (including phenoxy) is 1. The van der Waals surface area contributed by atoms with E-state index in [0.717, 1.165) is 23.1 Å². The maximum atomic E-state index is 12.0. The molecule has 0 aliphatic carbocycles. The number of nitrogens with one attached hydrogen (secondary N) is 1. The molecule has 1 N–H and O–H groups in total. The number of likely N-dealkylation sites (N-methyl/N-ethyl adjacent to an activating group) is 1. The van der Waals surface area contributed by atoms with Crippen LogP contribution in [-0.2, 0) is 9.53 Å². The molecule has 2 rings (SSSR count). The summed E-state index contributed by atoms with van der Waals surface area (Å²) in [6.45, 7) is 4.22. The van der Waals surface area contributed by atoms with Crippen LogP contribution in [-0.4, -0.2) is 49.2 Å². The second-order valence-electron chi connectivity index (χ2n) is 4.97. The number of para-hydroxylation sites is 1. The minimum absolute atomic E-state index is 0.0262. The largest absolute Gasteiger partial charge is 0.382 e. The lowest BCUT2D eigenvalue weighted by atomic mass is 10.2. The van der Waals surface area contributed by atoms with Gasteiger partial charge in [-0.15, -0.1) is 0 Å². The molecule has 0 fully saturated rings. The summed E-state index contributed by atoms with van der Waals surface area (Å²) in [5.74, 6) is 0.733. The first-order valence-electron chi connectivity index (χ1n) is 7.47. The van der Waals surface area contributed by atoms with Gasteiger partial charge in [-0.2, -0.15) is 0 Å². The van der Waals surface area contributed by atoms with Gasteiger partial charge in [0.1, 0.15) is 12.1 Å². The van der Waals surface area contributed by atoms with Crippen LogP contribution in [0.15, 0.2) is 30.6 Å². The standard InChI is InChI=1S/C16H22N4O2/c1-3-22-10-6-9-17-15(21)11-20(2)16-13-7-4-5-8-14(13)18-12-19-16/h4-5,7-8,12H,3,6,9-11H2,1-2H3,(H,17,21). The second kappa shape index (κ2) is 8.29. The number of hydrogen-bond donors (Lipinski definition) is 1. The molecule has 1 aromatic heterocycles. The van der Waals surface area contributed by atoms with Crippen LogP contribution in [0.25, 0.3) is 10.9 Å². The second-order valence-corrected chi connectivity index (χ2v) is 4.97. The summed E-state index contributed by atoms with van der Waals surface area (Å²) < 4.78 is 5.24. The Balaban J connectivity index is 1.91. The number of carbonyl (C=O) groups excluding carboxylic acids is 1. The van der Waals surface area contributed by atoms with E-state index in [1.807, 2.05) is 43.1 Å². The summed E-state index contributed by atoms with van der Waals surface area (Å²) in [7, 11) is 1.86. The molecule has 0 radical (unpaired) electrons. The first-order valence-corrected chi connectivity index (χ1v) is 7.47. The van der Waals surface area contributed by atoms with Crippen molar-refractivity contribution in [2.45, 2.75) is 13.3 Å². The minimum Gasteiger partial charge on any atom is -0.382 e. The van der Waals surface area contributed by atoms with Crippen molar-refractivity contribution in [3.63, 3.8) is 0 Å². The molecule has 1 aromatic carbocycles. The highest BCUT2D eigenvalue weighted by Crippen LogP contribution is 2.20. The number of hydrogen-bond acceptors (Lipinski definition) is 5. The normalized spacial score (nSPS) is 10.6. The molecule has 1 heterocycles. The van der Waals surface area contributed by atoms with E-state index in [4.69, 9.17) is 4.74 Å². The van der Waals surface area contributed by atoms with E-state index < -0.39 is 0 Å². The number of amides is 1. The lowest BCUT2D eigenvalue weighted by molar-refractivity contribution is -0.119. The number of aromatic nitrogens is 2. The third-order valence-electron chi connectivity index (χ3n) is 3.26. The third-order valence-corrected chi connectivity index (χ3v) is 3.26. The summed E-state index contributed by atoms with van der Waals surface area (Å²) in [4.78, 5) is 22.3. The molecule has 0 aliphatic heterocycles. The van der Waals surface area contributed by atoms with Crippen molar-refractivity contribution >= 4 is 22.6 Å². The number of benzene rings is 1. The summed E-state index contributed by atoms with van der Waals surface area (Å²) in [6, 6.07) is 7.77. The first-order chi connectivity index (χ1) is 10.7. The average molecular weight is 302 g/mol. The van der Waals surface area contributed by atoms with Crippen molar-refractivity contribution in [2.75, 3.05) is 38.3 Å². The van der Waals surface area contributed by atoms with Gasteiger partial charge in [0.15, 0.2) is 0 Å². The molecule has 0 atom stereocenters. The van der Waals surface area contributed by atoms with E-state index >= 15 is 0 Å². The molecule has 0 aliphatic rings. The Kier molecular flexibility index (Phi) is 6.09. The number of anilines is 1. The lowest BCUT2D eigenvalue weighted by Crippen LogP contribution is -2.36. The molecule has 6 nitrogen and oxygen atoms in total. The van der Waals surface area contributed by atoms with Gasteiger partial charge in [0, 0.05) is 32.2 Å². The Bertz CT molecular complexity index is 613. The summed E-state index contributed by atoms with van der Waals surface area (Å²) in [5, 5.41) is 3.83. The van der Waals surface area contributed by atoms with Crippen molar-refractivity contribution in [1.29, 1.82) is 0 Å². The van der Waals surface area contributed by atoms with Crippen LogP contribution >= 0.6 is 0 Å². The van der Waals surface area contributed by atoms with Crippen LogP contribution in [0.1, 0.15) is 13.3 Å².